The predicted octanol–water partition coefficient (Wildman–Crippen LogP) is 4.38. The van der Waals surface area contributed by atoms with Gasteiger partial charge in [0.2, 0.25) is 5.91 Å². The summed E-state index contributed by atoms with van der Waals surface area (Å²) in [7, 11) is 1.38. The third kappa shape index (κ3) is 3.16. The molecular weight excluding hydrogens is 397 g/mol. The van der Waals surface area contributed by atoms with Gasteiger partial charge in [-0.1, -0.05) is 31.0 Å². The molecule has 4 rings (SSSR count). The molecule has 0 saturated heterocycles. The van der Waals surface area contributed by atoms with Crippen LogP contribution >= 0.6 is 0 Å². The van der Waals surface area contributed by atoms with Crippen molar-refractivity contribution in [3.8, 4) is 0 Å². The van der Waals surface area contributed by atoms with Gasteiger partial charge in [-0.2, -0.15) is 13.2 Å². The first-order valence-electron chi connectivity index (χ1n) is 9.59. The molecule has 156 valence electrons. The van der Waals surface area contributed by atoms with E-state index >= 15 is 0 Å². The highest BCUT2D eigenvalue weighted by Crippen LogP contribution is 2.43. The first-order valence-corrected chi connectivity index (χ1v) is 9.59. The summed E-state index contributed by atoms with van der Waals surface area (Å²) in [5.41, 5.74) is -0.748. The minimum Gasteiger partial charge on any atom is -0.325 e. The minimum absolute atomic E-state index is 0.194. The Kier molecular flexibility index (Phi) is 4.67. The molecule has 2 aliphatic rings. The average molecular weight is 416 g/mol. The van der Waals surface area contributed by atoms with Gasteiger partial charge in [0.05, 0.1) is 22.1 Å². The Hall–Kier alpha value is -3.16. The maximum absolute atomic E-state index is 13.3. The molecule has 2 aromatic carbocycles. The summed E-state index contributed by atoms with van der Waals surface area (Å²) in [5, 5.41) is 2.76. The van der Waals surface area contributed by atoms with E-state index in [1.54, 1.807) is 6.07 Å². The van der Waals surface area contributed by atoms with E-state index in [-0.39, 0.29) is 11.1 Å². The number of halogens is 3. The Balaban J connectivity index is 1.66. The number of nitrogens with zero attached hydrogens (tertiary/aromatic N) is 1. The summed E-state index contributed by atoms with van der Waals surface area (Å²) in [6, 6.07) is 9.34. The second-order valence-corrected chi connectivity index (χ2v) is 7.75. The lowest BCUT2D eigenvalue weighted by atomic mass is 9.77. The predicted molar refractivity (Wildman–Crippen MR) is 103 cm³/mol. The van der Waals surface area contributed by atoms with Gasteiger partial charge >= 0.3 is 6.18 Å². The van der Waals surface area contributed by atoms with Crippen molar-refractivity contribution >= 4 is 23.4 Å². The molecule has 0 bridgehead atoms. The maximum atomic E-state index is 13.3. The van der Waals surface area contributed by atoms with Crippen LogP contribution in [0.4, 0.5) is 18.9 Å². The zero-order valence-corrected chi connectivity index (χ0v) is 16.2. The van der Waals surface area contributed by atoms with Crippen molar-refractivity contribution in [2.24, 2.45) is 0 Å². The molecule has 5 nitrogen and oxygen atoms in total. The molecule has 8 heteroatoms. The van der Waals surface area contributed by atoms with Gasteiger partial charge in [0, 0.05) is 12.7 Å². The average Bonchev–Trinajstić information content (AvgIpc) is 3.29. The van der Waals surface area contributed by atoms with Gasteiger partial charge in [0.15, 0.2) is 0 Å². The quantitative estimate of drug-likeness (QED) is 0.755. The summed E-state index contributed by atoms with van der Waals surface area (Å²) in [5.74, 6) is -1.28. The third-order valence-corrected chi connectivity index (χ3v) is 5.98. The molecule has 30 heavy (non-hydrogen) atoms. The largest absolute Gasteiger partial charge is 0.416 e. The zero-order valence-electron chi connectivity index (χ0n) is 16.2. The van der Waals surface area contributed by atoms with Crippen LogP contribution in [0.15, 0.2) is 42.5 Å². The van der Waals surface area contributed by atoms with Gasteiger partial charge < -0.3 is 5.32 Å². The molecule has 1 fully saturated rings. The third-order valence-electron chi connectivity index (χ3n) is 5.98. The summed E-state index contributed by atoms with van der Waals surface area (Å²) in [6.07, 6.45) is -2.17. The molecule has 3 amide bonds. The molecule has 0 unspecified atom stereocenters. The standard InChI is InChI=1S/C22H19F3N2O3/c1-27-18(28)16-8-7-15(12-17(16)19(27)29)26-20(30)21(9-2-3-10-21)13-5-4-6-14(11-13)22(23,24)25/h4-8,11-12H,2-3,9-10H2,1H3,(H,26,30). The van der Waals surface area contributed by atoms with Crippen molar-refractivity contribution in [2.45, 2.75) is 37.3 Å². The number of rotatable bonds is 3. The fraction of sp³-hybridized carbons (Fsp3) is 0.318. The number of imide groups is 1. The Morgan fingerprint density at radius 2 is 1.67 bits per heavy atom. The molecule has 2 aromatic rings. The molecular formula is C22H19F3N2O3. The number of amides is 3. The SMILES string of the molecule is CN1C(=O)c2ccc(NC(=O)C3(c4cccc(C(F)(F)F)c4)CCCC3)cc2C1=O. The zero-order chi connectivity index (χ0) is 21.7. The highest BCUT2D eigenvalue weighted by Gasteiger charge is 2.44. The number of carbonyl (C=O) groups is 3. The number of benzene rings is 2. The summed E-state index contributed by atoms with van der Waals surface area (Å²) in [4.78, 5) is 38.5. The van der Waals surface area contributed by atoms with Gasteiger partial charge in [-0.3, -0.25) is 19.3 Å². The van der Waals surface area contributed by atoms with Crippen molar-refractivity contribution in [3.63, 3.8) is 0 Å². The number of fused-ring (bicyclic) bond motifs is 1. The van der Waals surface area contributed by atoms with E-state index in [2.05, 4.69) is 5.32 Å². The molecule has 1 aliphatic carbocycles. The first-order chi connectivity index (χ1) is 14.1. The molecule has 0 atom stereocenters. The Morgan fingerprint density at radius 1 is 1.00 bits per heavy atom. The number of alkyl halides is 3. The van der Waals surface area contributed by atoms with Crippen LogP contribution in [0.3, 0.4) is 0 Å². The summed E-state index contributed by atoms with van der Waals surface area (Å²) < 4.78 is 39.6. The maximum Gasteiger partial charge on any atom is 0.416 e. The fourth-order valence-corrected chi connectivity index (χ4v) is 4.31. The Labute approximate surface area is 170 Å². The van der Waals surface area contributed by atoms with Crippen molar-refractivity contribution < 1.29 is 27.6 Å². The van der Waals surface area contributed by atoms with Crippen molar-refractivity contribution in [3.05, 3.63) is 64.7 Å². The highest BCUT2D eigenvalue weighted by molar-refractivity contribution is 6.21. The van der Waals surface area contributed by atoms with Crippen LogP contribution in [0.1, 0.15) is 57.5 Å². The van der Waals surface area contributed by atoms with Crippen LogP contribution in [0.5, 0.6) is 0 Å². The Bertz CT molecular complexity index is 1060. The molecule has 1 aliphatic heterocycles. The monoisotopic (exact) mass is 416 g/mol. The molecule has 1 saturated carbocycles. The second kappa shape index (κ2) is 6.97. The summed E-state index contributed by atoms with van der Waals surface area (Å²) in [6.45, 7) is 0. The van der Waals surface area contributed by atoms with Crippen LogP contribution in [0.2, 0.25) is 0 Å². The number of nitrogens with one attached hydrogen (secondary N) is 1. The smallest absolute Gasteiger partial charge is 0.325 e. The first kappa shape index (κ1) is 20.1. The van der Waals surface area contributed by atoms with Crippen LogP contribution in [0.25, 0.3) is 0 Å². The van der Waals surface area contributed by atoms with E-state index in [9.17, 15) is 27.6 Å². The van der Waals surface area contributed by atoms with E-state index in [4.69, 9.17) is 0 Å². The van der Waals surface area contributed by atoms with Crippen molar-refractivity contribution in [2.75, 3.05) is 12.4 Å². The number of carbonyl (C=O) groups excluding carboxylic acids is 3. The number of anilines is 1. The van der Waals surface area contributed by atoms with Gasteiger partial charge in [-0.05, 0) is 42.7 Å². The summed E-state index contributed by atoms with van der Waals surface area (Å²) >= 11 is 0. The van der Waals surface area contributed by atoms with Crippen LogP contribution in [-0.4, -0.2) is 29.7 Å². The highest BCUT2D eigenvalue weighted by atomic mass is 19.4. The van der Waals surface area contributed by atoms with E-state index < -0.39 is 34.9 Å². The fourth-order valence-electron chi connectivity index (χ4n) is 4.31. The van der Waals surface area contributed by atoms with Gasteiger partial charge in [0.1, 0.15) is 0 Å². The number of hydrogen-bond donors (Lipinski definition) is 1. The lowest BCUT2D eigenvalue weighted by Crippen LogP contribution is -2.38. The van der Waals surface area contributed by atoms with Crippen LogP contribution in [0, 0.1) is 0 Å². The van der Waals surface area contributed by atoms with E-state index in [1.807, 2.05) is 0 Å². The van der Waals surface area contributed by atoms with E-state index in [1.165, 1.54) is 31.3 Å². The molecule has 0 spiro atoms. The lowest BCUT2D eigenvalue weighted by Gasteiger charge is -2.29. The lowest BCUT2D eigenvalue weighted by molar-refractivity contribution is -0.137. The molecule has 1 N–H and O–H groups in total. The van der Waals surface area contributed by atoms with Gasteiger partial charge in [-0.25, -0.2) is 0 Å². The van der Waals surface area contributed by atoms with E-state index in [0.29, 0.717) is 24.1 Å². The van der Waals surface area contributed by atoms with Crippen LogP contribution < -0.4 is 5.32 Å². The van der Waals surface area contributed by atoms with E-state index in [0.717, 1.165) is 29.9 Å². The minimum atomic E-state index is -4.49. The second-order valence-electron chi connectivity index (χ2n) is 7.75. The number of hydrogen-bond acceptors (Lipinski definition) is 3. The van der Waals surface area contributed by atoms with Crippen molar-refractivity contribution in [1.82, 2.24) is 4.90 Å². The molecule has 0 radical (unpaired) electrons. The van der Waals surface area contributed by atoms with Gasteiger partial charge in [-0.15, -0.1) is 0 Å². The van der Waals surface area contributed by atoms with Crippen LogP contribution in [-0.2, 0) is 16.4 Å². The Morgan fingerprint density at radius 3 is 2.33 bits per heavy atom. The normalized spacial score (nSPS) is 17.9. The topological polar surface area (TPSA) is 66.5 Å². The van der Waals surface area contributed by atoms with Gasteiger partial charge in [0.25, 0.3) is 11.8 Å². The van der Waals surface area contributed by atoms with Crippen molar-refractivity contribution in [1.29, 1.82) is 0 Å². The molecule has 1 heterocycles. The molecule has 0 aromatic heterocycles.